The van der Waals surface area contributed by atoms with Crippen molar-refractivity contribution >= 4 is 0 Å². The minimum atomic E-state index is -2.94. The predicted octanol–water partition coefficient (Wildman–Crippen LogP) is 3.57. The summed E-state index contributed by atoms with van der Waals surface area (Å²) in [5, 5.41) is 7.42. The predicted molar refractivity (Wildman–Crippen MR) is 79.5 cm³/mol. The maximum Gasteiger partial charge on any atom is 0.292 e. The summed E-state index contributed by atoms with van der Waals surface area (Å²) in [6, 6.07) is 7.96. The van der Waals surface area contributed by atoms with Crippen LogP contribution in [0.3, 0.4) is 0 Å². The van der Waals surface area contributed by atoms with Gasteiger partial charge in [0.2, 0.25) is 0 Å². The quantitative estimate of drug-likeness (QED) is 0.913. The number of hydrogen-bond acceptors (Lipinski definition) is 2. The number of rotatable bonds is 5. The smallest absolute Gasteiger partial charge is 0.292 e. The van der Waals surface area contributed by atoms with Crippen LogP contribution in [0.1, 0.15) is 35.5 Å². The fourth-order valence-corrected chi connectivity index (χ4v) is 2.60. The molecule has 0 aliphatic rings. The van der Waals surface area contributed by atoms with E-state index in [-0.39, 0.29) is 11.6 Å². The molecular formula is C16H21F2N3. The minimum absolute atomic E-state index is 0.0146. The third kappa shape index (κ3) is 3.13. The van der Waals surface area contributed by atoms with Crippen LogP contribution in [-0.2, 0) is 12.5 Å². The van der Waals surface area contributed by atoms with E-state index in [0.29, 0.717) is 0 Å². The normalized spacial score (nSPS) is 13.4. The number of nitrogens with zero attached hydrogens (tertiary/aromatic N) is 2. The first kappa shape index (κ1) is 15.6. The summed E-state index contributed by atoms with van der Waals surface area (Å²) in [7, 11) is 1.85. The zero-order chi connectivity index (χ0) is 15.6. The van der Waals surface area contributed by atoms with Crippen molar-refractivity contribution in [2.45, 2.75) is 39.3 Å². The highest BCUT2D eigenvalue weighted by molar-refractivity contribution is 5.28. The first-order chi connectivity index (χ1) is 9.86. The van der Waals surface area contributed by atoms with Crippen LogP contribution in [0.25, 0.3) is 0 Å². The zero-order valence-corrected chi connectivity index (χ0v) is 12.8. The second-order valence-electron chi connectivity index (χ2n) is 5.32. The molecule has 0 spiro atoms. The summed E-state index contributed by atoms with van der Waals surface area (Å²) in [6.07, 6.45) is 0. The van der Waals surface area contributed by atoms with Gasteiger partial charge in [0.15, 0.2) is 0 Å². The molecule has 0 saturated heterocycles. The maximum absolute atomic E-state index is 14.4. The molecule has 0 aliphatic carbocycles. The van der Waals surface area contributed by atoms with Gasteiger partial charge in [0.05, 0.1) is 5.69 Å². The van der Waals surface area contributed by atoms with Crippen molar-refractivity contribution in [2.24, 2.45) is 0 Å². The summed E-state index contributed by atoms with van der Waals surface area (Å²) < 4.78 is 30.1. The molecule has 1 unspecified atom stereocenters. The summed E-state index contributed by atoms with van der Waals surface area (Å²) in [5.74, 6) is -2.94. The van der Waals surface area contributed by atoms with Gasteiger partial charge in [0, 0.05) is 22.9 Å². The summed E-state index contributed by atoms with van der Waals surface area (Å²) in [6.45, 7) is 5.24. The van der Waals surface area contributed by atoms with E-state index in [0.717, 1.165) is 17.0 Å². The molecule has 1 aromatic heterocycles. The number of benzene rings is 1. The molecule has 0 amide bonds. The van der Waals surface area contributed by atoms with Crippen molar-refractivity contribution in [2.75, 3.05) is 7.05 Å². The van der Waals surface area contributed by atoms with E-state index < -0.39 is 12.5 Å². The van der Waals surface area contributed by atoms with E-state index in [1.807, 2.05) is 27.8 Å². The molecule has 0 fully saturated rings. The SMILES string of the molecule is CNC(C)c1c(C)nn(CC(F)(F)c2ccccc2)c1C. The van der Waals surface area contributed by atoms with Crippen LogP contribution in [0.5, 0.6) is 0 Å². The van der Waals surface area contributed by atoms with E-state index in [4.69, 9.17) is 0 Å². The van der Waals surface area contributed by atoms with Gasteiger partial charge in [-0.25, -0.2) is 0 Å². The van der Waals surface area contributed by atoms with Gasteiger partial charge in [-0.15, -0.1) is 0 Å². The Morgan fingerprint density at radius 3 is 2.43 bits per heavy atom. The fraction of sp³-hybridized carbons (Fsp3) is 0.438. The Labute approximate surface area is 124 Å². The van der Waals surface area contributed by atoms with Crippen molar-refractivity contribution in [1.82, 2.24) is 15.1 Å². The van der Waals surface area contributed by atoms with E-state index in [1.54, 1.807) is 18.2 Å². The molecule has 2 rings (SSSR count). The van der Waals surface area contributed by atoms with E-state index >= 15 is 0 Å². The lowest BCUT2D eigenvalue weighted by molar-refractivity contribution is -0.0260. The molecule has 0 aliphatic heterocycles. The van der Waals surface area contributed by atoms with Gasteiger partial charge >= 0.3 is 0 Å². The molecular weight excluding hydrogens is 272 g/mol. The molecule has 1 aromatic carbocycles. The molecule has 1 heterocycles. The lowest BCUT2D eigenvalue weighted by atomic mass is 10.1. The van der Waals surface area contributed by atoms with E-state index in [1.165, 1.54) is 16.8 Å². The van der Waals surface area contributed by atoms with E-state index in [9.17, 15) is 8.78 Å². The van der Waals surface area contributed by atoms with Gasteiger partial charge in [-0.2, -0.15) is 13.9 Å². The Morgan fingerprint density at radius 2 is 1.86 bits per heavy atom. The van der Waals surface area contributed by atoms with Gasteiger partial charge in [-0.3, -0.25) is 4.68 Å². The minimum Gasteiger partial charge on any atom is -0.313 e. The van der Waals surface area contributed by atoms with Crippen LogP contribution >= 0.6 is 0 Å². The Balaban J connectivity index is 2.32. The molecule has 1 N–H and O–H groups in total. The lowest BCUT2D eigenvalue weighted by Crippen LogP contribution is -2.23. The number of hydrogen-bond donors (Lipinski definition) is 1. The number of halogens is 2. The third-order valence-electron chi connectivity index (χ3n) is 3.85. The summed E-state index contributed by atoms with van der Waals surface area (Å²) >= 11 is 0. The first-order valence-corrected chi connectivity index (χ1v) is 7.01. The number of aromatic nitrogens is 2. The van der Waals surface area contributed by atoms with Gasteiger partial charge in [-0.1, -0.05) is 30.3 Å². The second kappa shape index (κ2) is 5.93. The molecule has 0 radical (unpaired) electrons. The van der Waals surface area contributed by atoms with E-state index in [2.05, 4.69) is 10.4 Å². The molecule has 5 heteroatoms. The molecule has 2 aromatic rings. The van der Waals surface area contributed by atoms with Crippen molar-refractivity contribution in [3.05, 3.63) is 52.8 Å². The molecule has 1 atom stereocenters. The lowest BCUT2D eigenvalue weighted by Gasteiger charge is -2.18. The molecule has 3 nitrogen and oxygen atoms in total. The first-order valence-electron chi connectivity index (χ1n) is 7.01. The fourth-order valence-electron chi connectivity index (χ4n) is 2.60. The number of nitrogens with one attached hydrogen (secondary N) is 1. The highest BCUT2D eigenvalue weighted by Crippen LogP contribution is 2.31. The van der Waals surface area contributed by atoms with Crippen LogP contribution in [-0.4, -0.2) is 16.8 Å². The standard InChI is InChI=1S/C16H21F2N3/c1-11(19-4)15-12(2)20-21(13(15)3)10-16(17,18)14-8-6-5-7-9-14/h5-9,11,19H,10H2,1-4H3. The Hall–Kier alpha value is -1.75. The second-order valence-corrected chi connectivity index (χ2v) is 5.32. The van der Waals surface area contributed by atoms with Crippen molar-refractivity contribution in [1.29, 1.82) is 0 Å². The van der Waals surface area contributed by atoms with Gasteiger partial charge < -0.3 is 5.32 Å². The van der Waals surface area contributed by atoms with Gasteiger partial charge in [0.1, 0.15) is 6.54 Å². The Kier molecular flexibility index (Phi) is 4.42. The Bertz CT molecular complexity index is 605. The number of alkyl halides is 2. The molecule has 114 valence electrons. The molecule has 0 bridgehead atoms. The number of aryl methyl sites for hydroxylation is 1. The average molecular weight is 293 g/mol. The summed E-state index contributed by atoms with van der Waals surface area (Å²) in [4.78, 5) is 0. The maximum atomic E-state index is 14.4. The topological polar surface area (TPSA) is 29.9 Å². The monoisotopic (exact) mass is 293 g/mol. The van der Waals surface area contributed by atoms with Crippen LogP contribution in [0.15, 0.2) is 30.3 Å². The van der Waals surface area contributed by atoms with Crippen LogP contribution < -0.4 is 5.32 Å². The Morgan fingerprint density at radius 1 is 1.24 bits per heavy atom. The molecule has 0 saturated carbocycles. The van der Waals surface area contributed by atoms with Crippen LogP contribution in [0.4, 0.5) is 8.78 Å². The highest BCUT2D eigenvalue weighted by Gasteiger charge is 2.33. The molecule has 21 heavy (non-hydrogen) atoms. The van der Waals surface area contributed by atoms with Gasteiger partial charge in [-0.05, 0) is 27.8 Å². The van der Waals surface area contributed by atoms with Crippen molar-refractivity contribution in [3.8, 4) is 0 Å². The van der Waals surface area contributed by atoms with Crippen molar-refractivity contribution in [3.63, 3.8) is 0 Å². The van der Waals surface area contributed by atoms with Crippen molar-refractivity contribution < 1.29 is 8.78 Å². The van der Waals surface area contributed by atoms with Crippen LogP contribution in [0, 0.1) is 13.8 Å². The zero-order valence-electron chi connectivity index (χ0n) is 12.8. The van der Waals surface area contributed by atoms with Crippen LogP contribution in [0.2, 0.25) is 0 Å². The summed E-state index contributed by atoms with van der Waals surface area (Å²) in [5.41, 5.74) is 2.57. The average Bonchev–Trinajstić information content (AvgIpc) is 2.73. The highest BCUT2D eigenvalue weighted by atomic mass is 19.3. The largest absolute Gasteiger partial charge is 0.313 e. The third-order valence-corrected chi connectivity index (χ3v) is 3.85. The van der Waals surface area contributed by atoms with Gasteiger partial charge in [0.25, 0.3) is 5.92 Å².